The minimum Gasteiger partial charge on any atom is -0.435 e. The number of carbonyl (C=O) groups is 1. The normalized spacial score (nSPS) is 10.5. The van der Waals surface area contributed by atoms with Gasteiger partial charge in [-0.1, -0.05) is 0 Å². The second-order valence-electron chi connectivity index (χ2n) is 3.33. The van der Waals surface area contributed by atoms with E-state index in [0.717, 1.165) is 0 Å². The van der Waals surface area contributed by atoms with Crippen LogP contribution in [0, 0.1) is 0 Å². The molecule has 17 heavy (non-hydrogen) atoms. The molecule has 2 rings (SSSR count). The van der Waals surface area contributed by atoms with E-state index in [9.17, 15) is 13.6 Å². The number of ether oxygens (including phenoxy) is 1. The topological polar surface area (TPSA) is 42.1 Å². The maximum atomic E-state index is 11.9. The van der Waals surface area contributed by atoms with Crippen molar-refractivity contribution in [2.75, 3.05) is 0 Å². The average Bonchev–Trinajstić information content (AvgIpc) is 2.82. The number of rotatable bonds is 4. The lowest BCUT2D eigenvalue weighted by Gasteiger charge is -2.04. The molecule has 0 spiro atoms. The SMILES string of the molecule is O=C(c1ccc(OC(F)F)cc1)c1cc[nH]c1. The Morgan fingerprint density at radius 3 is 2.35 bits per heavy atom. The van der Waals surface area contributed by atoms with Gasteiger partial charge in [0, 0.05) is 23.5 Å². The number of hydrogen-bond donors (Lipinski definition) is 1. The fourth-order valence-corrected chi connectivity index (χ4v) is 1.42. The monoisotopic (exact) mass is 237 g/mol. The van der Waals surface area contributed by atoms with E-state index in [1.807, 2.05) is 0 Å². The second-order valence-corrected chi connectivity index (χ2v) is 3.33. The molecule has 1 N–H and O–H groups in total. The highest BCUT2D eigenvalue weighted by molar-refractivity contribution is 6.08. The predicted octanol–water partition coefficient (Wildman–Crippen LogP) is 2.85. The van der Waals surface area contributed by atoms with Crippen molar-refractivity contribution in [2.45, 2.75) is 6.61 Å². The lowest BCUT2D eigenvalue weighted by Crippen LogP contribution is -2.03. The highest BCUT2D eigenvalue weighted by Crippen LogP contribution is 2.17. The number of hydrogen-bond acceptors (Lipinski definition) is 2. The number of benzene rings is 1. The van der Waals surface area contributed by atoms with Crippen molar-refractivity contribution in [2.24, 2.45) is 0 Å². The largest absolute Gasteiger partial charge is 0.435 e. The van der Waals surface area contributed by atoms with Crippen molar-refractivity contribution >= 4 is 5.78 Å². The summed E-state index contributed by atoms with van der Waals surface area (Å²) in [6.45, 7) is -2.86. The molecule has 88 valence electrons. The van der Waals surface area contributed by atoms with E-state index in [-0.39, 0.29) is 11.5 Å². The van der Waals surface area contributed by atoms with Gasteiger partial charge in [0.1, 0.15) is 5.75 Å². The molecule has 2 aromatic rings. The molecule has 0 aliphatic heterocycles. The van der Waals surface area contributed by atoms with Gasteiger partial charge in [0.15, 0.2) is 5.78 Å². The molecule has 0 radical (unpaired) electrons. The van der Waals surface area contributed by atoms with Crippen molar-refractivity contribution < 1.29 is 18.3 Å². The Morgan fingerprint density at radius 2 is 1.82 bits per heavy atom. The van der Waals surface area contributed by atoms with Gasteiger partial charge in [0.25, 0.3) is 0 Å². The molecular formula is C12H9F2NO2. The summed E-state index contributed by atoms with van der Waals surface area (Å²) >= 11 is 0. The van der Waals surface area contributed by atoms with Crippen LogP contribution in [0.5, 0.6) is 5.75 Å². The number of H-pyrrole nitrogens is 1. The van der Waals surface area contributed by atoms with E-state index in [2.05, 4.69) is 9.72 Å². The van der Waals surface area contributed by atoms with Crippen LogP contribution in [0.15, 0.2) is 42.7 Å². The zero-order valence-electron chi connectivity index (χ0n) is 8.69. The zero-order valence-corrected chi connectivity index (χ0v) is 8.69. The van der Waals surface area contributed by atoms with Crippen LogP contribution < -0.4 is 4.74 Å². The average molecular weight is 237 g/mol. The molecular weight excluding hydrogens is 228 g/mol. The van der Waals surface area contributed by atoms with E-state index >= 15 is 0 Å². The van der Waals surface area contributed by atoms with E-state index in [0.29, 0.717) is 11.1 Å². The number of ketones is 1. The van der Waals surface area contributed by atoms with Gasteiger partial charge in [-0.3, -0.25) is 4.79 Å². The smallest absolute Gasteiger partial charge is 0.387 e. The number of aromatic amines is 1. The lowest BCUT2D eigenvalue weighted by molar-refractivity contribution is -0.0498. The fraction of sp³-hybridized carbons (Fsp3) is 0.0833. The summed E-state index contributed by atoms with van der Waals surface area (Å²) in [6, 6.07) is 7.23. The van der Waals surface area contributed by atoms with Crippen molar-refractivity contribution in [3.8, 4) is 5.75 Å². The Hall–Kier alpha value is -2.17. The molecule has 0 fully saturated rings. The Morgan fingerprint density at radius 1 is 1.12 bits per heavy atom. The molecule has 0 aliphatic rings. The third-order valence-corrected chi connectivity index (χ3v) is 2.20. The van der Waals surface area contributed by atoms with Gasteiger partial charge in [-0.05, 0) is 30.3 Å². The summed E-state index contributed by atoms with van der Waals surface area (Å²) in [5.74, 6) is -0.138. The summed E-state index contributed by atoms with van der Waals surface area (Å²) in [6.07, 6.45) is 3.22. The molecule has 0 amide bonds. The summed E-state index contributed by atoms with van der Waals surface area (Å²) in [5.41, 5.74) is 0.943. The Kier molecular flexibility index (Phi) is 3.18. The van der Waals surface area contributed by atoms with Crippen LogP contribution in [-0.4, -0.2) is 17.4 Å². The molecule has 0 bridgehead atoms. The van der Waals surface area contributed by atoms with Gasteiger partial charge in [-0.25, -0.2) is 0 Å². The fourth-order valence-electron chi connectivity index (χ4n) is 1.42. The van der Waals surface area contributed by atoms with Crippen LogP contribution in [0.25, 0.3) is 0 Å². The molecule has 5 heteroatoms. The van der Waals surface area contributed by atoms with Gasteiger partial charge >= 0.3 is 6.61 Å². The van der Waals surface area contributed by atoms with Gasteiger partial charge in [-0.2, -0.15) is 8.78 Å². The van der Waals surface area contributed by atoms with Crippen molar-refractivity contribution in [1.29, 1.82) is 0 Å². The predicted molar refractivity (Wildman–Crippen MR) is 57.3 cm³/mol. The number of alkyl halides is 2. The van der Waals surface area contributed by atoms with Crippen LogP contribution in [0.4, 0.5) is 8.78 Å². The molecule has 1 heterocycles. The zero-order chi connectivity index (χ0) is 12.3. The number of carbonyl (C=O) groups excluding carboxylic acids is 1. The molecule has 0 atom stereocenters. The van der Waals surface area contributed by atoms with Crippen molar-refractivity contribution in [1.82, 2.24) is 4.98 Å². The third kappa shape index (κ3) is 2.69. The first kappa shape index (κ1) is 11.3. The molecule has 1 aromatic carbocycles. The Labute approximate surface area is 96.0 Å². The van der Waals surface area contributed by atoms with Crippen LogP contribution >= 0.6 is 0 Å². The van der Waals surface area contributed by atoms with Crippen LogP contribution in [0.2, 0.25) is 0 Å². The van der Waals surface area contributed by atoms with Gasteiger partial charge < -0.3 is 9.72 Å². The van der Waals surface area contributed by atoms with E-state index in [1.165, 1.54) is 24.3 Å². The first-order valence-electron chi connectivity index (χ1n) is 4.89. The first-order valence-corrected chi connectivity index (χ1v) is 4.89. The van der Waals surface area contributed by atoms with Gasteiger partial charge in [0.2, 0.25) is 0 Å². The molecule has 0 saturated carbocycles. The quantitative estimate of drug-likeness (QED) is 0.831. The molecule has 0 aliphatic carbocycles. The third-order valence-electron chi connectivity index (χ3n) is 2.20. The maximum Gasteiger partial charge on any atom is 0.387 e. The van der Waals surface area contributed by atoms with Crippen LogP contribution in [0.1, 0.15) is 15.9 Å². The van der Waals surface area contributed by atoms with Gasteiger partial charge in [0.05, 0.1) is 0 Å². The Bertz CT molecular complexity index is 492. The molecule has 0 unspecified atom stereocenters. The summed E-state index contributed by atoms with van der Waals surface area (Å²) in [7, 11) is 0. The van der Waals surface area contributed by atoms with E-state index in [4.69, 9.17) is 0 Å². The highest BCUT2D eigenvalue weighted by Gasteiger charge is 2.10. The van der Waals surface area contributed by atoms with Crippen molar-refractivity contribution in [3.05, 3.63) is 53.9 Å². The Balaban J connectivity index is 2.15. The van der Waals surface area contributed by atoms with E-state index < -0.39 is 6.61 Å². The standard InChI is InChI=1S/C12H9F2NO2/c13-12(14)17-10-3-1-8(2-4-10)11(16)9-5-6-15-7-9/h1-7,12,15H. The number of nitrogens with one attached hydrogen (secondary N) is 1. The summed E-state index contributed by atoms with van der Waals surface area (Å²) in [5, 5.41) is 0. The van der Waals surface area contributed by atoms with E-state index in [1.54, 1.807) is 18.5 Å². The number of aromatic nitrogens is 1. The van der Waals surface area contributed by atoms with Gasteiger partial charge in [-0.15, -0.1) is 0 Å². The molecule has 1 aromatic heterocycles. The second kappa shape index (κ2) is 4.78. The van der Waals surface area contributed by atoms with Crippen LogP contribution in [0.3, 0.4) is 0 Å². The maximum absolute atomic E-state index is 11.9. The lowest BCUT2D eigenvalue weighted by atomic mass is 10.1. The molecule has 0 saturated heterocycles. The number of halogens is 2. The first-order chi connectivity index (χ1) is 8.16. The highest BCUT2D eigenvalue weighted by atomic mass is 19.3. The summed E-state index contributed by atoms with van der Waals surface area (Å²) < 4.78 is 28.0. The minimum absolute atomic E-state index is 0.0330. The summed E-state index contributed by atoms with van der Waals surface area (Å²) in [4.78, 5) is 14.6. The molecule has 3 nitrogen and oxygen atoms in total. The van der Waals surface area contributed by atoms with Crippen molar-refractivity contribution in [3.63, 3.8) is 0 Å². The minimum atomic E-state index is -2.86. The van der Waals surface area contributed by atoms with Crippen LogP contribution in [-0.2, 0) is 0 Å².